The van der Waals surface area contributed by atoms with Gasteiger partial charge < -0.3 is 11.1 Å². The van der Waals surface area contributed by atoms with Crippen molar-refractivity contribution in [2.45, 2.75) is 19.0 Å². The van der Waals surface area contributed by atoms with Crippen molar-refractivity contribution in [3.8, 4) is 6.07 Å². The molecule has 32 heavy (non-hydrogen) atoms. The number of nitrogens with one attached hydrogen (secondary N) is 1. The summed E-state index contributed by atoms with van der Waals surface area (Å²) in [5.74, 6) is -1.59. The van der Waals surface area contributed by atoms with Crippen molar-refractivity contribution in [3.63, 3.8) is 0 Å². The minimum Gasteiger partial charge on any atom is -0.365 e. The van der Waals surface area contributed by atoms with Crippen LogP contribution in [0.15, 0.2) is 48.9 Å². The number of primary amides is 1. The number of benzene rings is 1. The number of likely N-dealkylation sites (tertiary alicyclic amines) is 1. The quantitative estimate of drug-likeness (QED) is 0.613. The molecule has 0 spiro atoms. The topological polar surface area (TPSA) is 113 Å². The molecule has 1 saturated heterocycles. The monoisotopic (exact) mass is 437 g/mol. The summed E-state index contributed by atoms with van der Waals surface area (Å²) >= 11 is 0. The molecular weight excluding hydrogens is 416 g/mol. The van der Waals surface area contributed by atoms with Gasteiger partial charge in [0.05, 0.1) is 24.2 Å². The molecule has 3 heterocycles. The Hall–Kier alpha value is -3.84. The molecule has 164 valence electrons. The number of nitriles is 1. The zero-order chi connectivity index (χ0) is 22.7. The van der Waals surface area contributed by atoms with Crippen LogP contribution in [0, 0.1) is 28.9 Å². The second-order valence-corrected chi connectivity index (χ2v) is 7.71. The maximum Gasteiger partial charge on any atom is 0.254 e. The van der Waals surface area contributed by atoms with Gasteiger partial charge in [-0.05, 0) is 42.3 Å². The zero-order valence-electron chi connectivity index (χ0n) is 17.1. The number of rotatable bonds is 6. The molecule has 2 atom stereocenters. The molecule has 4 rings (SSSR count). The van der Waals surface area contributed by atoms with Crippen LogP contribution in [0.4, 0.5) is 20.3 Å². The van der Waals surface area contributed by atoms with Crippen molar-refractivity contribution in [2.24, 2.45) is 11.7 Å². The second-order valence-electron chi connectivity index (χ2n) is 7.71. The van der Waals surface area contributed by atoms with E-state index >= 15 is 0 Å². The number of hydrogen-bond acceptors (Lipinski definition) is 6. The maximum atomic E-state index is 13.4. The van der Waals surface area contributed by atoms with Crippen molar-refractivity contribution in [2.75, 3.05) is 18.4 Å². The molecule has 3 N–H and O–H groups in total. The molecule has 1 amide bonds. The van der Waals surface area contributed by atoms with Crippen LogP contribution >= 0.6 is 0 Å². The molecule has 0 radical (unpaired) electrons. The SMILES string of the molecule is N#C[C@@H]1CN(Cc2cncc(F)c2)CC[C@@H]1n1cc(C(N)=O)c(Nc2ccc(F)cc2)n1. The predicted octanol–water partition coefficient (Wildman–Crippen LogP) is 2.99. The van der Waals surface area contributed by atoms with Crippen LogP contribution in [-0.2, 0) is 6.54 Å². The Morgan fingerprint density at radius 3 is 2.72 bits per heavy atom. The molecule has 0 unspecified atom stereocenters. The first-order valence-corrected chi connectivity index (χ1v) is 10.1. The standard InChI is InChI=1S/C22H21F2N7O/c23-16-1-3-18(4-2-16)28-22-19(21(26)32)13-31(29-22)20-5-6-30(12-15(20)8-25)11-14-7-17(24)10-27-9-14/h1-4,7,9-10,13,15,20H,5-6,11-12H2,(H2,26,32)(H,28,29)/t15-,20+/m1/s1. The Kier molecular flexibility index (Phi) is 6.09. The highest BCUT2D eigenvalue weighted by molar-refractivity contribution is 5.98. The fraction of sp³-hybridized carbons (Fsp3) is 0.273. The normalized spacial score (nSPS) is 18.8. The highest BCUT2D eigenvalue weighted by Crippen LogP contribution is 2.31. The number of hydrogen-bond donors (Lipinski definition) is 2. The lowest BCUT2D eigenvalue weighted by Crippen LogP contribution is -2.40. The number of nitrogens with two attached hydrogens (primary N) is 1. The van der Waals surface area contributed by atoms with Gasteiger partial charge in [-0.1, -0.05) is 0 Å². The fourth-order valence-corrected chi connectivity index (χ4v) is 3.90. The van der Waals surface area contributed by atoms with Gasteiger partial charge in [0.25, 0.3) is 5.91 Å². The van der Waals surface area contributed by atoms with E-state index in [0.29, 0.717) is 31.7 Å². The fourth-order valence-electron chi connectivity index (χ4n) is 3.90. The molecule has 0 bridgehead atoms. The van der Waals surface area contributed by atoms with Gasteiger partial charge in [-0.25, -0.2) is 8.78 Å². The van der Waals surface area contributed by atoms with Gasteiger partial charge in [-0.3, -0.25) is 19.4 Å². The smallest absolute Gasteiger partial charge is 0.254 e. The largest absolute Gasteiger partial charge is 0.365 e. The first-order chi connectivity index (χ1) is 15.4. The minimum atomic E-state index is -0.662. The van der Waals surface area contributed by atoms with Crippen molar-refractivity contribution in [3.05, 3.63) is 71.7 Å². The lowest BCUT2D eigenvalue weighted by atomic mass is 9.93. The van der Waals surface area contributed by atoms with Gasteiger partial charge >= 0.3 is 0 Å². The summed E-state index contributed by atoms with van der Waals surface area (Å²) < 4.78 is 28.2. The molecule has 1 aromatic carbocycles. The number of nitrogens with zero attached hydrogens (tertiary/aromatic N) is 5. The van der Waals surface area contributed by atoms with E-state index < -0.39 is 17.6 Å². The van der Waals surface area contributed by atoms with Crippen molar-refractivity contribution in [1.82, 2.24) is 19.7 Å². The number of halogens is 2. The molecular formula is C22H21F2N7O. The van der Waals surface area contributed by atoms with E-state index in [2.05, 4.69) is 26.4 Å². The van der Waals surface area contributed by atoms with Crippen LogP contribution in [0.2, 0.25) is 0 Å². The van der Waals surface area contributed by atoms with Crippen LogP contribution < -0.4 is 11.1 Å². The highest BCUT2D eigenvalue weighted by atomic mass is 19.1. The van der Waals surface area contributed by atoms with Crippen LogP contribution in [-0.4, -0.2) is 38.7 Å². The summed E-state index contributed by atoms with van der Waals surface area (Å²) in [5, 5.41) is 17.2. The lowest BCUT2D eigenvalue weighted by Gasteiger charge is -2.35. The molecule has 3 aromatic rings. The molecule has 10 heteroatoms. The maximum absolute atomic E-state index is 13.4. The third-order valence-corrected chi connectivity index (χ3v) is 5.44. The Labute approximate surface area is 183 Å². The van der Waals surface area contributed by atoms with Crippen LogP contribution in [0.1, 0.15) is 28.4 Å². The first kappa shape index (κ1) is 21.4. The number of piperidine rings is 1. The third kappa shape index (κ3) is 4.73. The lowest BCUT2D eigenvalue weighted by molar-refractivity contribution is 0.100. The van der Waals surface area contributed by atoms with Crippen LogP contribution in [0.25, 0.3) is 0 Å². The summed E-state index contributed by atoms with van der Waals surface area (Å²) in [7, 11) is 0. The number of aromatic nitrogens is 3. The highest BCUT2D eigenvalue weighted by Gasteiger charge is 2.32. The average molecular weight is 437 g/mol. The zero-order valence-corrected chi connectivity index (χ0v) is 17.1. The molecule has 0 aliphatic carbocycles. The van der Waals surface area contributed by atoms with Crippen LogP contribution in [0.3, 0.4) is 0 Å². The summed E-state index contributed by atoms with van der Waals surface area (Å²) in [6.45, 7) is 1.61. The predicted molar refractivity (Wildman–Crippen MR) is 113 cm³/mol. The Balaban J connectivity index is 1.52. The summed E-state index contributed by atoms with van der Waals surface area (Å²) in [5.41, 5.74) is 6.99. The van der Waals surface area contributed by atoms with Crippen molar-refractivity contribution >= 4 is 17.4 Å². The molecule has 8 nitrogen and oxygen atoms in total. The summed E-state index contributed by atoms with van der Waals surface area (Å²) in [6, 6.07) is 9.12. The van der Waals surface area contributed by atoms with E-state index in [-0.39, 0.29) is 23.2 Å². The van der Waals surface area contributed by atoms with E-state index in [1.165, 1.54) is 36.5 Å². The van der Waals surface area contributed by atoms with Gasteiger partial charge in [0, 0.05) is 37.7 Å². The number of carbonyl (C=O) groups is 1. The Bertz CT molecular complexity index is 1160. The second kappa shape index (κ2) is 9.11. The molecule has 2 aromatic heterocycles. The van der Waals surface area contributed by atoms with Crippen molar-refractivity contribution in [1.29, 1.82) is 5.26 Å². The van der Waals surface area contributed by atoms with E-state index in [1.54, 1.807) is 10.9 Å². The number of anilines is 2. The van der Waals surface area contributed by atoms with Crippen LogP contribution in [0.5, 0.6) is 0 Å². The molecule has 0 saturated carbocycles. The van der Waals surface area contributed by atoms with E-state index in [0.717, 1.165) is 11.8 Å². The van der Waals surface area contributed by atoms with Gasteiger partial charge in [-0.2, -0.15) is 10.4 Å². The van der Waals surface area contributed by atoms with E-state index in [9.17, 15) is 18.8 Å². The van der Waals surface area contributed by atoms with Gasteiger partial charge in [-0.15, -0.1) is 0 Å². The van der Waals surface area contributed by atoms with Gasteiger partial charge in [0.15, 0.2) is 5.82 Å². The minimum absolute atomic E-state index is 0.180. The number of carbonyl (C=O) groups excluding carboxylic acids is 1. The first-order valence-electron chi connectivity index (χ1n) is 10.1. The van der Waals surface area contributed by atoms with Gasteiger partial charge in [0.2, 0.25) is 0 Å². The van der Waals surface area contributed by atoms with E-state index in [1.807, 2.05) is 0 Å². The summed E-state index contributed by atoms with van der Waals surface area (Å²) in [6.07, 6.45) is 4.90. The molecule has 1 fully saturated rings. The van der Waals surface area contributed by atoms with Crippen molar-refractivity contribution < 1.29 is 13.6 Å². The Morgan fingerprint density at radius 2 is 2.03 bits per heavy atom. The number of amides is 1. The van der Waals surface area contributed by atoms with E-state index in [4.69, 9.17) is 5.73 Å². The average Bonchev–Trinajstić information content (AvgIpc) is 3.19. The molecule has 1 aliphatic rings. The van der Waals surface area contributed by atoms with Gasteiger partial charge in [0.1, 0.15) is 17.2 Å². The third-order valence-electron chi connectivity index (χ3n) is 5.44. The number of pyridine rings is 1. The molecule has 1 aliphatic heterocycles. The Morgan fingerprint density at radius 1 is 1.25 bits per heavy atom. The summed E-state index contributed by atoms with van der Waals surface area (Å²) in [4.78, 5) is 17.9.